The van der Waals surface area contributed by atoms with E-state index in [4.69, 9.17) is 4.74 Å². The lowest BCUT2D eigenvalue weighted by atomic mass is 10.3. The molecule has 1 N–H and O–H groups in total. The Bertz CT molecular complexity index is 1140. The Labute approximate surface area is 163 Å². The van der Waals surface area contributed by atoms with E-state index in [2.05, 4.69) is 20.5 Å². The summed E-state index contributed by atoms with van der Waals surface area (Å²) in [6.07, 6.45) is 1.71. The van der Waals surface area contributed by atoms with Crippen LogP contribution in [0.5, 0.6) is 5.75 Å². The Morgan fingerprint density at radius 1 is 1.19 bits per heavy atom. The molecule has 3 heterocycles. The number of benzene rings is 1. The van der Waals surface area contributed by atoms with Gasteiger partial charge in [-0.3, -0.25) is 9.20 Å². The van der Waals surface area contributed by atoms with Crippen LogP contribution < -0.4 is 15.6 Å². The maximum atomic E-state index is 12.1. The van der Waals surface area contributed by atoms with Crippen molar-refractivity contribution < 1.29 is 4.74 Å². The average Bonchev–Trinajstić information content (AvgIpc) is 3.14. The van der Waals surface area contributed by atoms with Gasteiger partial charge >= 0.3 is 0 Å². The third-order valence-electron chi connectivity index (χ3n) is 3.70. The van der Waals surface area contributed by atoms with Gasteiger partial charge in [0.1, 0.15) is 11.4 Å². The van der Waals surface area contributed by atoms with Gasteiger partial charge < -0.3 is 10.1 Å². The molecule has 7 nitrogen and oxygen atoms in total. The number of ether oxygens (including phenoxy) is 1. The summed E-state index contributed by atoms with van der Waals surface area (Å²) in [7, 11) is 1.63. The molecule has 0 radical (unpaired) electrons. The first-order valence-corrected chi connectivity index (χ1v) is 9.86. The van der Waals surface area contributed by atoms with Gasteiger partial charge in [0.05, 0.1) is 12.8 Å². The van der Waals surface area contributed by atoms with E-state index >= 15 is 0 Å². The van der Waals surface area contributed by atoms with Crippen LogP contribution in [0.25, 0.3) is 5.65 Å². The molecular formula is C18H15N5O2S2. The molecule has 0 saturated carbocycles. The van der Waals surface area contributed by atoms with Crippen LogP contribution in [0.1, 0.15) is 5.69 Å². The summed E-state index contributed by atoms with van der Waals surface area (Å²) in [5.41, 5.74) is 2.15. The van der Waals surface area contributed by atoms with E-state index in [1.165, 1.54) is 27.5 Å². The van der Waals surface area contributed by atoms with Crippen LogP contribution in [-0.2, 0) is 5.75 Å². The molecule has 0 saturated heterocycles. The Morgan fingerprint density at radius 3 is 3.00 bits per heavy atom. The Hall–Kier alpha value is -2.91. The highest BCUT2D eigenvalue weighted by Gasteiger charge is 2.08. The Kier molecular flexibility index (Phi) is 5.03. The number of hydrogen-bond acceptors (Lipinski definition) is 8. The minimum Gasteiger partial charge on any atom is -0.497 e. The molecule has 0 aliphatic heterocycles. The largest absolute Gasteiger partial charge is 0.497 e. The van der Waals surface area contributed by atoms with E-state index in [0.29, 0.717) is 22.2 Å². The minimum absolute atomic E-state index is 0.0890. The molecule has 136 valence electrons. The second kappa shape index (κ2) is 7.77. The molecule has 4 aromatic rings. The summed E-state index contributed by atoms with van der Waals surface area (Å²) in [5.74, 6) is 1.32. The van der Waals surface area contributed by atoms with Gasteiger partial charge in [-0.15, -0.1) is 10.2 Å². The first-order valence-electron chi connectivity index (χ1n) is 8.06. The van der Waals surface area contributed by atoms with Gasteiger partial charge in [0.15, 0.2) is 4.34 Å². The molecule has 0 spiro atoms. The number of fused-ring (bicyclic) bond motifs is 1. The lowest BCUT2D eigenvalue weighted by Gasteiger charge is -2.04. The summed E-state index contributed by atoms with van der Waals surface area (Å²) in [6.45, 7) is 0. The molecule has 0 atom stereocenters. The van der Waals surface area contributed by atoms with Gasteiger partial charge in [0.2, 0.25) is 5.13 Å². The molecular weight excluding hydrogens is 382 g/mol. The molecule has 0 bridgehead atoms. The van der Waals surface area contributed by atoms with Gasteiger partial charge in [-0.2, -0.15) is 0 Å². The highest BCUT2D eigenvalue weighted by molar-refractivity contribution is 8.00. The molecule has 27 heavy (non-hydrogen) atoms. The van der Waals surface area contributed by atoms with Crippen LogP contribution >= 0.6 is 23.1 Å². The summed E-state index contributed by atoms with van der Waals surface area (Å²) in [6, 6.07) is 14.6. The number of aromatic nitrogens is 4. The van der Waals surface area contributed by atoms with E-state index in [1.807, 2.05) is 42.5 Å². The van der Waals surface area contributed by atoms with Crippen LogP contribution in [0, 0.1) is 0 Å². The van der Waals surface area contributed by atoms with E-state index in [9.17, 15) is 4.79 Å². The third kappa shape index (κ3) is 4.09. The van der Waals surface area contributed by atoms with E-state index in [1.54, 1.807) is 19.4 Å². The van der Waals surface area contributed by atoms with Crippen LogP contribution in [-0.4, -0.2) is 26.7 Å². The number of methoxy groups -OCH3 is 1. The molecule has 4 rings (SSSR count). The zero-order valence-electron chi connectivity index (χ0n) is 14.3. The predicted octanol–water partition coefficient (Wildman–Crippen LogP) is 3.59. The number of pyridine rings is 1. The Morgan fingerprint density at radius 2 is 2.11 bits per heavy atom. The fourth-order valence-corrected chi connectivity index (χ4v) is 4.12. The average molecular weight is 397 g/mol. The molecule has 9 heteroatoms. The number of nitrogens with one attached hydrogen (secondary N) is 1. The zero-order chi connectivity index (χ0) is 18.6. The predicted molar refractivity (Wildman–Crippen MR) is 107 cm³/mol. The van der Waals surface area contributed by atoms with Crippen LogP contribution in [0.3, 0.4) is 0 Å². The summed E-state index contributed by atoms with van der Waals surface area (Å²) >= 11 is 2.95. The lowest BCUT2D eigenvalue weighted by molar-refractivity contribution is 0.415. The van der Waals surface area contributed by atoms with Gasteiger partial charge in [0.25, 0.3) is 5.56 Å². The van der Waals surface area contributed by atoms with Crippen molar-refractivity contribution in [2.75, 3.05) is 12.4 Å². The van der Waals surface area contributed by atoms with Crippen LogP contribution in [0.15, 0.2) is 63.9 Å². The van der Waals surface area contributed by atoms with Crippen molar-refractivity contribution >= 4 is 39.6 Å². The van der Waals surface area contributed by atoms with E-state index < -0.39 is 0 Å². The molecule has 0 amide bonds. The van der Waals surface area contributed by atoms with Crippen LogP contribution in [0.2, 0.25) is 0 Å². The van der Waals surface area contributed by atoms with E-state index in [0.717, 1.165) is 15.8 Å². The van der Waals surface area contributed by atoms with E-state index in [-0.39, 0.29) is 5.56 Å². The number of hydrogen-bond donors (Lipinski definition) is 1. The fraction of sp³-hybridized carbons (Fsp3) is 0.111. The first-order chi connectivity index (χ1) is 13.2. The lowest BCUT2D eigenvalue weighted by Crippen LogP contribution is -2.14. The van der Waals surface area contributed by atoms with Gasteiger partial charge in [-0.05, 0) is 24.3 Å². The number of thioether (sulfide) groups is 1. The third-order valence-corrected chi connectivity index (χ3v) is 5.70. The maximum Gasteiger partial charge on any atom is 0.258 e. The van der Waals surface area contributed by atoms with Crippen molar-refractivity contribution in [1.82, 2.24) is 19.6 Å². The smallest absolute Gasteiger partial charge is 0.258 e. The normalized spacial score (nSPS) is 10.9. The zero-order valence-corrected chi connectivity index (χ0v) is 16.0. The van der Waals surface area contributed by atoms with Crippen molar-refractivity contribution in [3.63, 3.8) is 0 Å². The minimum atomic E-state index is -0.0890. The van der Waals surface area contributed by atoms with Crippen LogP contribution in [0.4, 0.5) is 10.8 Å². The first kappa shape index (κ1) is 17.5. The molecule has 3 aromatic heterocycles. The second-order valence-corrected chi connectivity index (χ2v) is 7.73. The summed E-state index contributed by atoms with van der Waals surface area (Å²) in [5, 5.41) is 12.2. The molecule has 1 aromatic carbocycles. The highest BCUT2D eigenvalue weighted by atomic mass is 32.2. The van der Waals surface area contributed by atoms with Gasteiger partial charge in [-0.1, -0.05) is 35.2 Å². The number of anilines is 2. The fourth-order valence-electron chi connectivity index (χ4n) is 2.46. The maximum absolute atomic E-state index is 12.1. The Balaban J connectivity index is 1.44. The van der Waals surface area contributed by atoms with Crippen molar-refractivity contribution in [2.45, 2.75) is 10.1 Å². The topological polar surface area (TPSA) is 81.4 Å². The monoisotopic (exact) mass is 397 g/mol. The number of rotatable bonds is 6. The van der Waals surface area contributed by atoms with Crippen molar-refractivity contribution in [1.29, 1.82) is 0 Å². The summed E-state index contributed by atoms with van der Waals surface area (Å²) in [4.78, 5) is 16.7. The second-order valence-electron chi connectivity index (χ2n) is 5.53. The molecule has 0 fully saturated rings. The summed E-state index contributed by atoms with van der Waals surface area (Å²) < 4.78 is 7.54. The van der Waals surface area contributed by atoms with Gasteiger partial charge in [0, 0.05) is 29.8 Å². The quantitative estimate of drug-likeness (QED) is 0.498. The molecule has 0 aliphatic rings. The SMILES string of the molecule is COc1cccc(Nc2nnc(SCc3cc(=O)n4ccccc4n3)s2)c1. The van der Waals surface area contributed by atoms with Crippen molar-refractivity contribution in [3.05, 3.63) is 70.8 Å². The molecule has 0 aliphatic carbocycles. The van der Waals surface area contributed by atoms with Crippen molar-refractivity contribution in [2.24, 2.45) is 0 Å². The van der Waals surface area contributed by atoms with Crippen molar-refractivity contribution in [3.8, 4) is 5.75 Å². The highest BCUT2D eigenvalue weighted by Crippen LogP contribution is 2.30. The van der Waals surface area contributed by atoms with Gasteiger partial charge in [-0.25, -0.2) is 4.98 Å². The number of nitrogens with zero attached hydrogens (tertiary/aromatic N) is 4. The standard InChI is InChI=1S/C18H15N5O2S2/c1-25-14-6-4-5-12(9-14)20-17-21-22-18(27-17)26-11-13-10-16(24)23-8-3-2-7-15(23)19-13/h2-10H,11H2,1H3,(H,20,21). The molecule has 0 unspecified atom stereocenters.